The average Bonchev–Trinajstić information content (AvgIpc) is 3.23. The quantitative estimate of drug-likeness (QED) is 0.522. The van der Waals surface area contributed by atoms with E-state index >= 15 is 0 Å². The van der Waals surface area contributed by atoms with Crippen LogP contribution in [0.25, 0.3) is 16.5 Å². The van der Waals surface area contributed by atoms with E-state index < -0.39 is 0 Å². The summed E-state index contributed by atoms with van der Waals surface area (Å²) in [5.74, 6) is 0.769. The number of fused-ring (bicyclic) bond motifs is 1. The molecule has 8 heteroatoms. The minimum absolute atomic E-state index is 0.212. The molecule has 0 aliphatic rings. The van der Waals surface area contributed by atoms with Crippen LogP contribution in [0.15, 0.2) is 64.6 Å². The molecular formula is C20H17N5O3. The number of nitrogens with one attached hydrogen (secondary N) is 1. The molecule has 4 rings (SSSR count). The van der Waals surface area contributed by atoms with Gasteiger partial charge >= 0.3 is 0 Å². The smallest absolute Gasteiger partial charge is 0.265 e. The summed E-state index contributed by atoms with van der Waals surface area (Å²) in [4.78, 5) is 21.2. The minimum Gasteiger partial charge on any atom is -0.494 e. The molecule has 140 valence electrons. The molecule has 0 aliphatic heterocycles. The number of aromatic amines is 1. The summed E-state index contributed by atoms with van der Waals surface area (Å²) in [5.41, 5.74) is 0.598. The highest BCUT2D eigenvalue weighted by atomic mass is 16.5. The Labute approximate surface area is 159 Å². The maximum Gasteiger partial charge on any atom is 0.265 e. The molecule has 0 saturated heterocycles. The van der Waals surface area contributed by atoms with Crippen LogP contribution in [0.1, 0.15) is 12.5 Å². The fourth-order valence-electron chi connectivity index (χ4n) is 2.97. The van der Waals surface area contributed by atoms with Crippen molar-refractivity contribution in [2.24, 2.45) is 4.99 Å². The van der Waals surface area contributed by atoms with Crippen molar-refractivity contribution in [3.63, 3.8) is 0 Å². The lowest BCUT2D eigenvalue weighted by atomic mass is 10.1. The molecule has 0 aliphatic carbocycles. The van der Waals surface area contributed by atoms with Gasteiger partial charge in [-0.2, -0.15) is 10.1 Å². The Morgan fingerprint density at radius 2 is 1.93 bits per heavy atom. The molecule has 28 heavy (non-hydrogen) atoms. The van der Waals surface area contributed by atoms with Gasteiger partial charge in [-0.25, -0.2) is 14.7 Å². The van der Waals surface area contributed by atoms with Crippen LogP contribution in [0.2, 0.25) is 0 Å². The van der Waals surface area contributed by atoms with Gasteiger partial charge in [0.2, 0.25) is 11.8 Å². The molecule has 2 heterocycles. The molecule has 2 aromatic carbocycles. The van der Waals surface area contributed by atoms with Crippen LogP contribution in [0.3, 0.4) is 0 Å². The lowest BCUT2D eigenvalue weighted by Gasteiger charge is -2.14. The fraction of sp³-hybridized carbons (Fsp3) is 0.100. The Kier molecular flexibility index (Phi) is 4.59. The van der Waals surface area contributed by atoms with E-state index in [1.807, 2.05) is 6.92 Å². The summed E-state index contributed by atoms with van der Waals surface area (Å²) >= 11 is 0. The number of aromatic hydroxyl groups is 1. The van der Waals surface area contributed by atoms with Gasteiger partial charge in [0.25, 0.3) is 5.56 Å². The van der Waals surface area contributed by atoms with Crippen molar-refractivity contribution in [1.29, 1.82) is 0 Å². The molecule has 0 fully saturated rings. The van der Waals surface area contributed by atoms with Crippen molar-refractivity contribution in [1.82, 2.24) is 19.7 Å². The van der Waals surface area contributed by atoms with Crippen LogP contribution >= 0.6 is 0 Å². The van der Waals surface area contributed by atoms with Crippen molar-refractivity contribution in [2.75, 3.05) is 6.61 Å². The van der Waals surface area contributed by atoms with Crippen LogP contribution < -0.4 is 10.3 Å². The normalized spacial score (nSPS) is 11.3. The lowest BCUT2D eigenvalue weighted by molar-refractivity contribution is 0.340. The number of aromatic nitrogens is 4. The molecule has 0 atom stereocenters. The van der Waals surface area contributed by atoms with Gasteiger partial charge in [-0.15, -0.1) is 0 Å². The van der Waals surface area contributed by atoms with Gasteiger partial charge in [0, 0.05) is 17.0 Å². The Morgan fingerprint density at radius 3 is 2.61 bits per heavy atom. The van der Waals surface area contributed by atoms with Crippen molar-refractivity contribution < 1.29 is 9.84 Å². The first-order valence-corrected chi connectivity index (χ1v) is 8.68. The zero-order chi connectivity index (χ0) is 19.5. The highest BCUT2D eigenvalue weighted by Gasteiger charge is 2.16. The Morgan fingerprint density at radius 1 is 1.18 bits per heavy atom. The standard InChI is InChI=1S/C20H17N5O3/c1-2-28-14-9-7-13(8-10-14)25-18(26)16-6-4-3-5-15(16)17(19(25)27)11-21-20-22-12-23-24-20/h3-12,27H,2H2,1H3,(H,22,23,24)/b21-11+. The van der Waals surface area contributed by atoms with E-state index in [4.69, 9.17) is 4.74 Å². The number of hydrogen-bond donors (Lipinski definition) is 2. The molecule has 0 amide bonds. The van der Waals surface area contributed by atoms with E-state index in [0.29, 0.717) is 40.3 Å². The van der Waals surface area contributed by atoms with Crippen LogP contribution in [-0.2, 0) is 0 Å². The summed E-state index contributed by atoms with van der Waals surface area (Å²) in [6, 6.07) is 14.0. The monoisotopic (exact) mass is 375 g/mol. The van der Waals surface area contributed by atoms with Crippen molar-refractivity contribution in [2.45, 2.75) is 6.92 Å². The predicted octanol–water partition coefficient (Wildman–Crippen LogP) is 2.96. The number of H-pyrrole nitrogens is 1. The third-order valence-corrected chi connectivity index (χ3v) is 4.23. The predicted molar refractivity (Wildman–Crippen MR) is 106 cm³/mol. The molecule has 0 saturated carbocycles. The zero-order valence-corrected chi connectivity index (χ0v) is 15.0. The molecule has 0 spiro atoms. The number of ether oxygens (including phenoxy) is 1. The van der Waals surface area contributed by atoms with E-state index in [1.165, 1.54) is 17.1 Å². The molecule has 2 aromatic heterocycles. The second kappa shape index (κ2) is 7.36. The molecule has 2 N–H and O–H groups in total. The van der Waals surface area contributed by atoms with E-state index in [2.05, 4.69) is 20.2 Å². The highest BCUT2D eigenvalue weighted by Crippen LogP contribution is 2.27. The number of aliphatic imine (C=N–C) groups is 1. The minimum atomic E-state index is -0.325. The van der Waals surface area contributed by atoms with Crippen molar-refractivity contribution in [3.05, 3.63) is 70.8 Å². The number of pyridine rings is 1. The van der Waals surface area contributed by atoms with Gasteiger partial charge in [-0.3, -0.25) is 4.79 Å². The second-order valence-corrected chi connectivity index (χ2v) is 5.92. The largest absolute Gasteiger partial charge is 0.494 e. The summed E-state index contributed by atoms with van der Waals surface area (Å²) in [7, 11) is 0. The molecule has 8 nitrogen and oxygen atoms in total. The number of nitrogens with zero attached hydrogens (tertiary/aromatic N) is 4. The van der Waals surface area contributed by atoms with E-state index in [0.717, 1.165) is 0 Å². The Bertz CT molecular complexity index is 1200. The van der Waals surface area contributed by atoms with Crippen LogP contribution in [-0.4, -0.2) is 37.7 Å². The van der Waals surface area contributed by atoms with Crippen LogP contribution in [0.5, 0.6) is 11.6 Å². The van der Waals surface area contributed by atoms with Gasteiger partial charge < -0.3 is 9.84 Å². The van der Waals surface area contributed by atoms with Crippen molar-refractivity contribution >= 4 is 22.9 Å². The lowest BCUT2D eigenvalue weighted by Crippen LogP contribution is -2.20. The molecule has 0 radical (unpaired) electrons. The van der Waals surface area contributed by atoms with E-state index in [1.54, 1.807) is 48.5 Å². The Balaban J connectivity index is 1.92. The number of rotatable bonds is 5. The number of hydrogen-bond acceptors (Lipinski definition) is 6. The zero-order valence-electron chi connectivity index (χ0n) is 15.0. The summed E-state index contributed by atoms with van der Waals surface area (Å²) < 4.78 is 6.69. The Hall–Kier alpha value is -3.94. The third kappa shape index (κ3) is 3.11. The molecule has 0 unspecified atom stereocenters. The highest BCUT2D eigenvalue weighted by molar-refractivity contribution is 6.02. The van der Waals surface area contributed by atoms with Gasteiger partial charge in [-0.05, 0) is 37.3 Å². The van der Waals surface area contributed by atoms with Crippen LogP contribution in [0, 0.1) is 0 Å². The van der Waals surface area contributed by atoms with Gasteiger partial charge in [0.15, 0.2) is 0 Å². The fourth-order valence-corrected chi connectivity index (χ4v) is 2.97. The van der Waals surface area contributed by atoms with E-state index in [-0.39, 0.29) is 11.4 Å². The average molecular weight is 375 g/mol. The molecule has 4 aromatic rings. The van der Waals surface area contributed by atoms with E-state index in [9.17, 15) is 9.90 Å². The van der Waals surface area contributed by atoms with Crippen LogP contribution in [0.4, 0.5) is 5.95 Å². The van der Waals surface area contributed by atoms with Gasteiger partial charge in [0.1, 0.15) is 12.1 Å². The maximum absolute atomic E-state index is 13.0. The first kappa shape index (κ1) is 17.5. The SMILES string of the molecule is CCOc1ccc(-n2c(O)c(/C=N/c3ncn[nH]3)c3ccccc3c2=O)cc1. The van der Waals surface area contributed by atoms with Gasteiger partial charge in [-0.1, -0.05) is 18.2 Å². The molecule has 0 bridgehead atoms. The summed E-state index contributed by atoms with van der Waals surface area (Å²) in [6.07, 6.45) is 2.80. The first-order valence-electron chi connectivity index (χ1n) is 8.68. The van der Waals surface area contributed by atoms with Gasteiger partial charge in [0.05, 0.1) is 17.9 Å². The first-order chi connectivity index (χ1) is 13.7. The summed E-state index contributed by atoms with van der Waals surface area (Å²) in [5, 5.41) is 18.3. The third-order valence-electron chi connectivity index (χ3n) is 4.23. The number of benzene rings is 2. The van der Waals surface area contributed by atoms with Crippen molar-refractivity contribution in [3.8, 4) is 17.3 Å². The summed E-state index contributed by atoms with van der Waals surface area (Å²) in [6.45, 7) is 2.44. The maximum atomic E-state index is 13.0. The topological polar surface area (TPSA) is 105 Å². The molecular weight excluding hydrogens is 358 g/mol. The second-order valence-electron chi connectivity index (χ2n) is 5.92.